The number of amides is 1. The van der Waals surface area contributed by atoms with Gasteiger partial charge in [-0.2, -0.15) is 0 Å². The van der Waals surface area contributed by atoms with E-state index in [1.807, 2.05) is 49.4 Å². The van der Waals surface area contributed by atoms with Crippen molar-refractivity contribution in [2.75, 3.05) is 24.4 Å². The van der Waals surface area contributed by atoms with Gasteiger partial charge in [0.25, 0.3) is 5.91 Å². The highest BCUT2D eigenvalue weighted by molar-refractivity contribution is 6.32. The number of para-hydroxylation sites is 1. The van der Waals surface area contributed by atoms with Gasteiger partial charge in [-0.25, -0.2) is 0 Å². The van der Waals surface area contributed by atoms with Crippen molar-refractivity contribution in [3.63, 3.8) is 0 Å². The molecule has 0 fully saturated rings. The lowest BCUT2D eigenvalue weighted by atomic mass is 10.1. The molecule has 0 atom stereocenters. The van der Waals surface area contributed by atoms with Crippen LogP contribution in [0.2, 0.25) is 10.0 Å². The summed E-state index contributed by atoms with van der Waals surface area (Å²) in [6.07, 6.45) is 0. The van der Waals surface area contributed by atoms with Crippen LogP contribution in [0.25, 0.3) is 0 Å². The monoisotopic (exact) mass is 444 g/mol. The molecule has 0 heterocycles. The van der Waals surface area contributed by atoms with Crippen LogP contribution in [0.5, 0.6) is 11.5 Å². The van der Waals surface area contributed by atoms with Crippen molar-refractivity contribution in [1.29, 1.82) is 0 Å². The van der Waals surface area contributed by atoms with Gasteiger partial charge in [0.15, 0.2) is 18.1 Å². The van der Waals surface area contributed by atoms with Crippen LogP contribution in [0.4, 0.5) is 11.4 Å². The molecular weight excluding hydrogens is 423 g/mol. The molecule has 0 aliphatic rings. The molecule has 30 heavy (non-hydrogen) atoms. The van der Waals surface area contributed by atoms with Gasteiger partial charge < -0.3 is 20.1 Å². The number of anilines is 2. The third-order valence-corrected chi connectivity index (χ3v) is 4.89. The molecule has 0 aliphatic heterocycles. The van der Waals surface area contributed by atoms with Gasteiger partial charge in [0.1, 0.15) is 0 Å². The minimum absolute atomic E-state index is 0.190. The lowest BCUT2D eigenvalue weighted by Gasteiger charge is -2.15. The van der Waals surface area contributed by atoms with E-state index in [2.05, 4.69) is 10.6 Å². The first-order chi connectivity index (χ1) is 14.5. The molecule has 0 unspecified atom stereocenters. The molecule has 3 aromatic carbocycles. The number of rotatable bonds is 8. The SMILES string of the molecule is COc1cc(CNc2cc(Cl)ccc2C)cc(Cl)c1OCC(=O)Nc1ccccc1. The lowest BCUT2D eigenvalue weighted by Crippen LogP contribution is -2.20. The summed E-state index contributed by atoms with van der Waals surface area (Å²) < 4.78 is 11.1. The molecule has 156 valence electrons. The van der Waals surface area contributed by atoms with Crippen LogP contribution in [0.15, 0.2) is 60.7 Å². The Hall–Kier alpha value is -2.89. The Bertz CT molecular complexity index is 1030. The van der Waals surface area contributed by atoms with Gasteiger partial charge in [-0.05, 0) is 54.4 Å². The van der Waals surface area contributed by atoms with Crippen LogP contribution in [-0.2, 0) is 11.3 Å². The highest BCUT2D eigenvalue weighted by Gasteiger charge is 2.14. The maximum absolute atomic E-state index is 12.1. The average Bonchev–Trinajstić information content (AvgIpc) is 2.74. The largest absolute Gasteiger partial charge is 0.493 e. The Morgan fingerprint density at radius 3 is 2.53 bits per heavy atom. The van der Waals surface area contributed by atoms with Gasteiger partial charge in [-0.1, -0.05) is 47.5 Å². The van der Waals surface area contributed by atoms with Gasteiger partial charge in [-0.3, -0.25) is 4.79 Å². The second-order valence-corrected chi connectivity index (χ2v) is 7.47. The number of hydrogen-bond acceptors (Lipinski definition) is 4. The Balaban J connectivity index is 1.66. The van der Waals surface area contributed by atoms with Crippen molar-refractivity contribution in [2.45, 2.75) is 13.5 Å². The normalized spacial score (nSPS) is 10.4. The van der Waals surface area contributed by atoms with E-state index in [9.17, 15) is 4.79 Å². The molecule has 0 radical (unpaired) electrons. The summed E-state index contributed by atoms with van der Waals surface area (Å²) in [5.74, 6) is 0.487. The highest BCUT2D eigenvalue weighted by Crippen LogP contribution is 2.36. The van der Waals surface area contributed by atoms with Crippen LogP contribution in [0.1, 0.15) is 11.1 Å². The fourth-order valence-corrected chi connectivity index (χ4v) is 3.31. The highest BCUT2D eigenvalue weighted by atomic mass is 35.5. The van der Waals surface area contributed by atoms with Crippen molar-refractivity contribution in [2.24, 2.45) is 0 Å². The maximum atomic E-state index is 12.1. The molecule has 3 rings (SSSR count). The van der Waals surface area contributed by atoms with E-state index in [0.29, 0.717) is 33.8 Å². The van der Waals surface area contributed by atoms with Crippen LogP contribution in [0, 0.1) is 6.92 Å². The lowest BCUT2D eigenvalue weighted by molar-refractivity contribution is -0.118. The minimum Gasteiger partial charge on any atom is -0.493 e. The topological polar surface area (TPSA) is 59.6 Å². The fourth-order valence-electron chi connectivity index (χ4n) is 2.85. The Labute approximate surface area is 185 Å². The number of benzene rings is 3. The number of methoxy groups -OCH3 is 1. The molecule has 0 saturated heterocycles. The Morgan fingerprint density at radius 1 is 1.03 bits per heavy atom. The molecule has 0 aromatic heterocycles. The smallest absolute Gasteiger partial charge is 0.262 e. The Kier molecular flexibility index (Phi) is 7.44. The van der Waals surface area contributed by atoms with E-state index in [4.69, 9.17) is 32.7 Å². The van der Waals surface area contributed by atoms with Gasteiger partial charge >= 0.3 is 0 Å². The van der Waals surface area contributed by atoms with Gasteiger partial charge in [0, 0.05) is 22.9 Å². The van der Waals surface area contributed by atoms with Crippen molar-refractivity contribution < 1.29 is 14.3 Å². The second-order valence-electron chi connectivity index (χ2n) is 6.62. The second kappa shape index (κ2) is 10.2. The van der Waals surface area contributed by atoms with Crippen LogP contribution in [-0.4, -0.2) is 19.6 Å². The van der Waals surface area contributed by atoms with Gasteiger partial charge in [-0.15, -0.1) is 0 Å². The molecule has 0 saturated carbocycles. The summed E-state index contributed by atoms with van der Waals surface area (Å²) >= 11 is 12.5. The van der Waals surface area contributed by atoms with E-state index >= 15 is 0 Å². The average molecular weight is 445 g/mol. The summed E-state index contributed by atoms with van der Waals surface area (Å²) in [5.41, 5.74) is 3.62. The summed E-state index contributed by atoms with van der Waals surface area (Å²) in [4.78, 5) is 12.1. The molecular formula is C23H22Cl2N2O3. The molecule has 0 bridgehead atoms. The Morgan fingerprint density at radius 2 is 1.80 bits per heavy atom. The minimum atomic E-state index is -0.290. The molecule has 0 aliphatic carbocycles. The molecule has 2 N–H and O–H groups in total. The first-order valence-corrected chi connectivity index (χ1v) is 10.1. The van der Waals surface area contributed by atoms with Crippen molar-refractivity contribution in [3.8, 4) is 11.5 Å². The van der Waals surface area contributed by atoms with Crippen LogP contribution < -0.4 is 20.1 Å². The molecule has 1 amide bonds. The zero-order valence-electron chi connectivity index (χ0n) is 16.7. The third kappa shape index (κ3) is 5.81. The van der Waals surface area contributed by atoms with Crippen molar-refractivity contribution in [3.05, 3.63) is 81.8 Å². The molecule has 7 heteroatoms. The number of hydrogen-bond donors (Lipinski definition) is 2. The quantitative estimate of drug-likeness (QED) is 0.451. The standard InChI is InChI=1S/C23H22Cl2N2O3/c1-15-8-9-17(24)12-20(15)26-13-16-10-19(25)23(21(11-16)29-2)30-14-22(28)27-18-6-4-3-5-7-18/h3-12,26H,13-14H2,1-2H3,(H,27,28). The van der Waals surface area contributed by atoms with Crippen molar-refractivity contribution >= 4 is 40.5 Å². The van der Waals surface area contributed by atoms with E-state index in [0.717, 1.165) is 16.8 Å². The molecule has 3 aromatic rings. The number of carbonyl (C=O) groups excluding carboxylic acids is 1. The zero-order valence-corrected chi connectivity index (χ0v) is 18.2. The third-order valence-electron chi connectivity index (χ3n) is 4.38. The maximum Gasteiger partial charge on any atom is 0.262 e. The van der Waals surface area contributed by atoms with E-state index in [1.54, 1.807) is 18.2 Å². The first kappa shape index (κ1) is 21.8. The summed E-state index contributed by atoms with van der Waals surface area (Å²) in [6, 6.07) is 18.4. The number of nitrogens with one attached hydrogen (secondary N) is 2. The van der Waals surface area contributed by atoms with Crippen LogP contribution >= 0.6 is 23.2 Å². The van der Waals surface area contributed by atoms with Crippen molar-refractivity contribution in [1.82, 2.24) is 0 Å². The predicted octanol–water partition coefficient (Wildman–Crippen LogP) is 5.94. The van der Waals surface area contributed by atoms with E-state index < -0.39 is 0 Å². The predicted molar refractivity (Wildman–Crippen MR) is 122 cm³/mol. The summed E-state index contributed by atoms with van der Waals surface area (Å²) in [5, 5.41) is 7.13. The number of halogens is 2. The molecule has 5 nitrogen and oxygen atoms in total. The van der Waals surface area contributed by atoms with E-state index in [-0.39, 0.29) is 12.5 Å². The zero-order chi connectivity index (χ0) is 21.5. The molecule has 0 spiro atoms. The van der Waals surface area contributed by atoms with Gasteiger partial charge in [0.2, 0.25) is 0 Å². The fraction of sp³-hybridized carbons (Fsp3) is 0.174. The van der Waals surface area contributed by atoms with Gasteiger partial charge in [0.05, 0.1) is 12.1 Å². The number of carbonyl (C=O) groups is 1. The number of aryl methyl sites for hydroxylation is 1. The number of ether oxygens (including phenoxy) is 2. The first-order valence-electron chi connectivity index (χ1n) is 9.30. The summed E-state index contributed by atoms with van der Waals surface area (Å²) in [7, 11) is 1.53. The van der Waals surface area contributed by atoms with Crippen LogP contribution in [0.3, 0.4) is 0 Å². The summed E-state index contributed by atoms with van der Waals surface area (Å²) in [6.45, 7) is 2.33. The van der Waals surface area contributed by atoms with E-state index in [1.165, 1.54) is 7.11 Å².